The predicted molar refractivity (Wildman–Crippen MR) is 100 cm³/mol. The lowest BCUT2D eigenvalue weighted by Gasteiger charge is -2.29. The molecule has 1 aromatic carbocycles. The van der Waals surface area contributed by atoms with Gasteiger partial charge in [0.1, 0.15) is 18.8 Å². The summed E-state index contributed by atoms with van der Waals surface area (Å²) in [6, 6.07) is 8.19. The van der Waals surface area contributed by atoms with E-state index in [1.807, 2.05) is 36.1 Å². The third-order valence-corrected chi connectivity index (χ3v) is 4.37. The number of amides is 1. The number of anilines is 2. The van der Waals surface area contributed by atoms with Crippen molar-refractivity contribution in [1.29, 1.82) is 0 Å². The molecule has 4 rings (SSSR count). The molecule has 0 bridgehead atoms. The van der Waals surface area contributed by atoms with Gasteiger partial charge in [0.05, 0.1) is 12.1 Å². The van der Waals surface area contributed by atoms with E-state index in [-0.39, 0.29) is 31.0 Å². The Balaban J connectivity index is 1.72. The Morgan fingerprint density at radius 2 is 2.19 bits per heavy atom. The maximum absolute atomic E-state index is 11.9. The number of piperazine rings is 1. The van der Waals surface area contributed by atoms with Gasteiger partial charge in [0, 0.05) is 24.0 Å². The van der Waals surface area contributed by atoms with Gasteiger partial charge in [-0.05, 0) is 18.6 Å². The quantitative estimate of drug-likeness (QED) is 0.698. The molecule has 0 unspecified atom stereocenters. The lowest BCUT2D eigenvalue weighted by atomic mass is 10.1. The number of hydrogen-bond acceptors (Lipinski definition) is 8. The minimum absolute atomic E-state index is 0.0231. The van der Waals surface area contributed by atoms with Crippen molar-refractivity contribution in [2.24, 2.45) is 0 Å². The maximum atomic E-state index is 11.9. The first-order valence-corrected chi connectivity index (χ1v) is 8.58. The average Bonchev–Trinajstić information content (AvgIpc) is 2.66. The molecule has 0 radical (unpaired) electrons. The van der Waals surface area contributed by atoms with Crippen LogP contribution in [0.15, 0.2) is 30.6 Å². The number of nitrogen functional groups attached to an aromatic ring is 1. The van der Waals surface area contributed by atoms with Crippen molar-refractivity contribution in [2.75, 3.05) is 30.3 Å². The first-order valence-electron chi connectivity index (χ1n) is 8.58. The fourth-order valence-electron chi connectivity index (χ4n) is 3.09. The van der Waals surface area contributed by atoms with Crippen LogP contribution in [-0.2, 0) is 11.4 Å². The highest BCUT2D eigenvalue weighted by Gasteiger charge is 2.21. The van der Waals surface area contributed by atoms with Gasteiger partial charge in [-0.3, -0.25) is 4.79 Å². The molecule has 3 heterocycles. The third-order valence-electron chi connectivity index (χ3n) is 4.37. The summed E-state index contributed by atoms with van der Waals surface area (Å²) in [6.45, 7) is 3.74. The van der Waals surface area contributed by atoms with Crippen LogP contribution in [0.25, 0.3) is 10.9 Å². The van der Waals surface area contributed by atoms with Crippen molar-refractivity contribution in [3.05, 3.63) is 41.7 Å². The van der Waals surface area contributed by atoms with Crippen molar-refractivity contribution >= 4 is 28.6 Å². The van der Waals surface area contributed by atoms with Gasteiger partial charge < -0.3 is 20.7 Å². The molecule has 0 atom stereocenters. The number of aryl methyl sites for hydroxylation is 1. The van der Waals surface area contributed by atoms with E-state index < -0.39 is 0 Å². The van der Waals surface area contributed by atoms with Crippen LogP contribution in [0, 0.1) is 6.92 Å². The zero-order valence-electron chi connectivity index (χ0n) is 14.8. The smallest absolute Gasteiger partial charge is 0.321 e. The number of carbonyl (C=O) groups is 1. The summed E-state index contributed by atoms with van der Waals surface area (Å²) in [5.41, 5.74) is 8.41. The zero-order chi connectivity index (χ0) is 18.8. The molecule has 1 saturated heterocycles. The zero-order valence-corrected chi connectivity index (χ0v) is 14.8. The molecule has 0 spiro atoms. The Kier molecular flexibility index (Phi) is 4.41. The first-order chi connectivity index (χ1) is 13.1. The molecule has 0 saturated carbocycles. The molecule has 9 nitrogen and oxygen atoms in total. The van der Waals surface area contributed by atoms with Gasteiger partial charge >= 0.3 is 6.01 Å². The van der Waals surface area contributed by atoms with Crippen molar-refractivity contribution in [3.63, 3.8) is 0 Å². The van der Waals surface area contributed by atoms with E-state index in [0.717, 1.165) is 27.8 Å². The number of nitrogens with two attached hydrogens (primary N) is 1. The lowest BCUT2D eigenvalue weighted by molar-refractivity contribution is -0.120. The van der Waals surface area contributed by atoms with Crippen molar-refractivity contribution in [3.8, 4) is 6.01 Å². The molecule has 1 amide bonds. The summed E-state index contributed by atoms with van der Waals surface area (Å²) in [5.74, 6) is 0.805. The first kappa shape index (κ1) is 17.0. The third kappa shape index (κ3) is 3.57. The normalized spacial score (nSPS) is 14.3. The lowest BCUT2D eigenvalue weighted by Crippen LogP contribution is -2.48. The van der Waals surface area contributed by atoms with Crippen LogP contribution in [0.5, 0.6) is 6.01 Å². The molecule has 1 aliphatic heterocycles. The molecule has 3 aromatic rings. The fraction of sp³-hybridized carbons (Fsp3) is 0.278. The molecular formula is C18H19N7O2. The highest BCUT2D eigenvalue weighted by Crippen LogP contribution is 2.27. The number of pyridine rings is 1. The molecule has 1 aliphatic rings. The van der Waals surface area contributed by atoms with E-state index in [1.54, 1.807) is 0 Å². The van der Waals surface area contributed by atoms with Gasteiger partial charge in [-0.15, -0.1) is 0 Å². The SMILES string of the molecule is Cc1cccc2cc(COc3ncnc(N)n3)c(N3CCNC(=O)C3)nc12. The number of nitrogens with zero attached hydrogens (tertiary/aromatic N) is 5. The second kappa shape index (κ2) is 7.02. The van der Waals surface area contributed by atoms with Crippen LogP contribution in [0.3, 0.4) is 0 Å². The fourth-order valence-corrected chi connectivity index (χ4v) is 3.09. The van der Waals surface area contributed by atoms with Gasteiger partial charge in [0.15, 0.2) is 0 Å². The second-order valence-corrected chi connectivity index (χ2v) is 6.30. The summed E-state index contributed by atoms with van der Waals surface area (Å²) >= 11 is 0. The number of fused-ring (bicyclic) bond motifs is 1. The van der Waals surface area contributed by atoms with Crippen LogP contribution in [-0.4, -0.2) is 45.5 Å². The number of carbonyl (C=O) groups excluding carboxylic acids is 1. The van der Waals surface area contributed by atoms with E-state index in [2.05, 4.69) is 20.3 Å². The standard InChI is InChI=1S/C18H19N7O2/c1-11-3-2-4-12-7-13(9-27-18-22-10-21-17(19)24-18)16(23-15(11)12)25-6-5-20-14(26)8-25/h2-4,7,10H,5-6,8-9H2,1H3,(H,20,26)(H2,19,21,22,24). The van der Waals surface area contributed by atoms with Gasteiger partial charge in [0.2, 0.25) is 11.9 Å². The Bertz CT molecular complexity index is 1010. The molecule has 3 N–H and O–H groups in total. The number of ether oxygens (including phenoxy) is 1. The topological polar surface area (TPSA) is 119 Å². The van der Waals surface area contributed by atoms with Crippen molar-refractivity contribution in [2.45, 2.75) is 13.5 Å². The highest BCUT2D eigenvalue weighted by molar-refractivity contribution is 5.87. The van der Waals surface area contributed by atoms with E-state index >= 15 is 0 Å². The number of hydrogen-bond donors (Lipinski definition) is 2. The number of aromatic nitrogens is 4. The molecule has 27 heavy (non-hydrogen) atoms. The second-order valence-electron chi connectivity index (χ2n) is 6.30. The summed E-state index contributed by atoms with van der Waals surface area (Å²) in [5, 5.41) is 3.84. The van der Waals surface area contributed by atoms with Crippen LogP contribution in [0.2, 0.25) is 0 Å². The van der Waals surface area contributed by atoms with Gasteiger partial charge in [-0.25, -0.2) is 9.97 Å². The van der Waals surface area contributed by atoms with E-state index in [9.17, 15) is 4.79 Å². The minimum Gasteiger partial charge on any atom is -0.458 e. The van der Waals surface area contributed by atoms with Crippen LogP contribution in [0.4, 0.5) is 11.8 Å². The number of para-hydroxylation sites is 1. The molecule has 0 aliphatic carbocycles. The largest absolute Gasteiger partial charge is 0.458 e. The minimum atomic E-state index is -0.0231. The van der Waals surface area contributed by atoms with Crippen molar-refractivity contribution < 1.29 is 9.53 Å². The number of benzene rings is 1. The average molecular weight is 365 g/mol. The van der Waals surface area contributed by atoms with Gasteiger partial charge in [-0.2, -0.15) is 9.97 Å². The maximum Gasteiger partial charge on any atom is 0.321 e. The summed E-state index contributed by atoms with van der Waals surface area (Å²) in [7, 11) is 0. The van der Waals surface area contributed by atoms with Crippen LogP contribution >= 0.6 is 0 Å². The Morgan fingerprint density at radius 1 is 1.30 bits per heavy atom. The van der Waals surface area contributed by atoms with E-state index in [0.29, 0.717) is 13.1 Å². The molecule has 1 fully saturated rings. The van der Waals surface area contributed by atoms with E-state index in [1.165, 1.54) is 6.33 Å². The van der Waals surface area contributed by atoms with E-state index in [4.69, 9.17) is 15.5 Å². The summed E-state index contributed by atoms with van der Waals surface area (Å²) < 4.78 is 5.70. The Labute approximate surface area is 155 Å². The Hall–Kier alpha value is -3.49. The molecule has 2 aromatic heterocycles. The van der Waals surface area contributed by atoms with Crippen molar-refractivity contribution in [1.82, 2.24) is 25.3 Å². The highest BCUT2D eigenvalue weighted by atomic mass is 16.5. The monoisotopic (exact) mass is 365 g/mol. The summed E-state index contributed by atoms with van der Waals surface area (Å²) in [6.07, 6.45) is 1.30. The molecule has 9 heteroatoms. The summed E-state index contributed by atoms with van der Waals surface area (Å²) in [4.78, 5) is 30.3. The molecule has 138 valence electrons. The number of rotatable bonds is 4. The van der Waals surface area contributed by atoms with Crippen LogP contribution in [0.1, 0.15) is 11.1 Å². The predicted octanol–water partition coefficient (Wildman–Crippen LogP) is 0.826. The Morgan fingerprint density at radius 3 is 3.00 bits per heavy atom. The van der Waals surface area contributed by atoms with Gasteiger partial charge in [-0.1, -0.05) is 18.2 Å². The van der Waals surface area contributed by atoms with Gasteiger partial charge in [0.25, 0.3) is 0 Å². The van der Waals surface area contributed by atoms with Crippen LogP contribution < -0.4 is 20.7 Å². The molecular weight excluding hydrogens is 346 g/mol. The number of nitrogens with one attached hydrogen (secondary N) is 1.